The van der Waals surface area contributed by atoms with Crippen LogP contribution in [0, 0.1) is 0 Å². The highest BCUT2D eigenvalue weighted by Crippen LogP contribution is 2.41. The van der Waals surface area contributed by atoms with Gasteiger partial charge < -0.3 is 19.3 Å². The van der Waals surface area contributed by atoms with Crippen LogP contribution in [0.4, 0.5) is 0 Å². The van der Waals surface area contributed by atoms with Gasteiger partial charge in [0.05, 0.1) is 12.2 Å². The van der Waals surface area contributed by atoms with E-state index in [0.29, 0.717) is 34.7 Å². The van der Waals surface area contributed by atoms with Gasteiger partial charge in [0.1, 0.15) is 13.2 Å². The summed E-state index contributed by atoms with van der Waals surface area (Å²) in [5.41, 5.74) is 0.339. The quantitative estimate of drug-likeness (QED) is 0.862. The number of carbonyl (C=O) groups excluding carboxylic acids is 1. The Morgan fingerprint density at radius 2 is 2.22 bits per heavy atom. The molecule has 0 saturated heterocycles. The van der Waals surface area contributed by atoms with Crippen LogP contribution in [0.1, 0.15) is 18.6 Å². The molecule has 0 amide bonds. The van der Waals surface area contributed by atoms with E-state index in [9.17, 15) is 9.90 Å². The van der Waals surface area contributed by atoms with Gasteiger partial charge in [-0.05, 0) is 19.1 Å². The van der Waals surface area contributed by atoms with Gasteiger partial charge >= 0.3 is 5.97 Å². The largest absolute Gasteiger partial charge is 0.486 e. The number of benzene rings is 1. The summed E-state index contributed by atoms with van der Waals surface area (Å²) in [4.78, 5) is 11.6. The molecule has 0 bridgehead atoms. The Labute approximate surface area is 113 Å². The van der Waals surface area contributed by atoms with E-state index in [-0.39, 0.29) is 6.61 Å². The van der Waals surface area contributed by atoms with Crippen molar-refractivity contribution in [3.63, 3.8) is 0 Å². The van der Waals surface area contributed by atoms with Crippen molar-refractivity contribution < 1.29 is 24.1 Å². The van der Waals surface area contributed by atoms with E-state index in [2.05, 4.69) is 15.9 Å². The van der Waals surface area contributed by atoms with Gasteiger partial charge in [0, 0.05) is 4.47 Å². The van der Waals surface area contributed by atoms with Crippen LogP contribution in [0.3, 0.4) is 0 Å². The first-order valence-electron chi connectivity index (χ1n) is 5.57. The molecule has 5 nitrogen and oxygen atoms in total. The summed E-state index contributed by atoms with van der Waals surface area (Å²) in [6.45, 7) is 2.72. The van der Waals surface area contributed by atoms with Crippen molar-refractivity contribution in [1.29, 1.82) is 0 Å². The second-order valence-electron chi connectivity index (χ2n) is 3.64. The lowest BCUT2D eigenvalue weighted by molar-refractivity contribution is -0.153. The lowest BCUT2D eigenvalue weighted by atomic mass is 10.1. The smallest absolute Gasteiger partial charge is 0.339 e. The molecule has 1 aromatic carbocycles. The van der Waals surface area contributed by atoms with E-state index in [1.807, 2.05) is 0 Å². The molecule has 1 N–H and O–H groups in total. The van der Waals surface area contributed by atoms with Crippen molar-refractivity contribution in [2.45, 2.75) is 13.0 Å². The predicted octanol–water partition coefficient (Wildman–Crippen LogP) is 1.82. The molecule has 1 heterocycles. The van der Waals surface area contributed by atoms with Crippen molar-refractivity contribution in [1.82, 2.24) is 0 Å². The number of hydrogen-bond donors (Lipinski definition) is 1. The highest BCUT2D eigenvalue weighted by Gasteiger charge is 2.29. The Morgan fingerprint density at radius 1 is 1.50 bits per heavy atom. The number of hydrogen-bond acceptors (Lipinski definition) is 5. The number of esters is 1. The highest BCUT2D eigenvalue weighted by molar-refractivity contribution is 9.10. The maximum Gasteiger partial charge on any atom is 0.339 e. The molecule has 0 aliphatic carbocycles. The number of fused-ring (bicyclic) bond motifs is 1. The molecule has 0 fully saturated rings. The minimum Gasteiger partial charge on any atom is -0.486 e. The third kappa shape index (κ3) is 2.44. The highest BCUT2D eigenvalue weighted by atomic mass is 79.9. The van der Waals surface area contributed by atoms with Crippen LogP contribution < -0.4 is 9.47 Å². The molecule has 18 heavy (non-hydrogen) atoms. The fourth-order valence-electron chi connectivity index (χ4n) is 1.71. The van der Waals surface area contributed by atoms with Gasteiger partial charge in [0.2, 0.25) is 0 Å². The number of aliphatic hydroxyl groups excluding tert-OH is 1. The maximum absolute atomic E-state index is 11.6. The van der Waals surface area contributed by atoms with Crippen molar-refractivity contribution in [2.24, 2.45) is 0 Å². The molecule has 2 rings (SSSR count). The maximum atomic E-state index is 11.6. The van der Waals surface area contributed by atoms with Gasteiger partial charge in [-0.3, -0.25) is 0 Å². The number of ether oxygens (including phenoxy) is 3. The average Bonchev–Trinajstić information content (AvgIpc) is 2.38. The van der Waals surface area contributed by atoms with Gasteiger partial charge in [0.25, 0.3) is 0 Å². The molecule has 0 aromatic heterocycles. The van der Waals surface area contributed by atoms with Crippen molar-refractivity contribution in [3.8, 4) is 11.5 Å². The second kappa shape index (κ2) is 5.58. The minimum atomic E-state index is -1.39. The molecule has 1 atom stereocenters. The van der Waals surface area contributed by atoms with Crippen LogP contribution in [0.2, 0.25) is 0 Å². The van der Waals surface area contributed by atoms with Gasteiger partial charge in [0.15, 0.2) is 17.6 Å². The van der Waals surface area contributed by atoms with Crippen LogP contribution >= 0.6 is 15.9 Å². The summed E-state index contributed by atoms with van der Waals surface area (Å²) in [5.74, 6) is 0.194. The summed E-state index contributed by atoms with van der Waals surface area (Å²) in [5, 5.41) is 10.0. The molecule has 1 aromatic rings. The number of carbonyl (C=O) groups is 1. The normalized spacial score (nSPS) is 15.1. The topological polar surface area (TPSA) is 65.0 Å². The van der Waals surface area contributed by atoms with E-state index in [1.165, 1.54) is 0 Å². The molecule has 1 aliphatic rings. The Morgan fingerprint density at radius 3 is 2.94 bits per heavy atom. The van der Waals surface area contributed by atoms with Crippen LogP contribution in [0.15, 0.2) is 16.6 Å². The third-order valence-corrected chi connectivity index (χ3v) is 3.17. The Hall–Kier alpha value is -1.27. The molecule has 0 spiro atoms. The monoisotopic (exact) mass is 316 g/mol. The summed E-state index contributed by atoms with van der Waals surface area (Å²) < 4.78 is 16.2. The molecule has 1 unspecified atom stereocenters. The average molecular weight is 317 g/mol. The van der Waals surface area contributed by atoms with E-state index in [4.69, 9.17) is 14.2 Å². The van der Waals surface area contributed by atoms with Crippen LogP contribution in [-0.4, -0.2) is 30.9 Å². The first kappa shape index (κ1) is 13.2. The zero-order valence-electron chi connectivity index (χ0n) is 9.81. The Kier molecular flexibility index (Phi) is 4.08. The molecular weight excluding hydrogens is 304 g/mol. The lowest BCUT2D eigenvalue weighted by Gasteiger charge is -2.23. The van der Waals surface area contributed by atoms with Gasteiger partial charge in [-0.15, -0.1) is 0 Å². The molecular formula is C12H13BrO5. The van der Waals surface area contributed by atoms with Gasteiger partial charge in [-0.25, -0.2) is 4.79 Å². The lowest BCUT2D eigenvalue weighted by Crippen LogP contribution is -2.21. The third-order valence-electron chi connectivity index (χ3n) is 2.48. The molecule has 1 aliphatic heterocycles. The van der Waals surface area contributed by atoms with Gasteiger partial charge in [-0.1, -0.05) is 15.9 Å². The summed E-state index contributed by atoms with van der Waals surface area (Å²) in [6, 6.07) is 3.42. The SMILES string of the molecule is CCOC(=O)C(O)c1c(Br)ccc2c1OCCO2. The zero-order chi connectivity index (χ0) is 13.1. The fraction of sp³-hybridized carbons (Fsp3) is 0.417. The Bertz CT molecular complexity index is 460. The number of halogens is 1. The summed E-state index contributed by atoms with van der Waals surface area (Å²) >= 11 is 3.29. The Balaban J connectivity index is 2.39. The first-order valence-corrected chi connectivity index (χ1v) is 6.37. The number of aliphatic hydroxyl groups is 1. The molecule has 0 radical (unpaired) electrons. The van der Waals surface area contributed by atoms with Crippen LogP contribution in [0.5, 0.6) is 11.5 Å². The molecule has 6 heteroatoms. The standard InChI is InChI=1S/C12H13BrO5/c1-2-16-12(15)10(14)9-7(13)3-4-8-11(9)18-6-5-17-8/h3-4,10,14H,2,5-6H2,1H3. The van der Waals surface area contributed by atoms with Crippen molar-refractivity contribution in [2.75, 3.05) is 19.8 Å². The second-order valence-corrected chi connectivity index (χ2v) is 4.49. The first-order chi connectivity index (χ1) is 8.65. The predicted molar refractivity (Wildman–Crippen MR) is 66.7 cm³/mol. The molecule has 0 saturated carbocycles. The zero-order valence-corrected chi connectivity index (χ0v) is 11.4. The van der Waals surface area contributed by atoms with E-state index < -0.39 is 12.1 Å². The minimum absolute atomic E-state index is 0.208. The fourth-order valence-corrected chi connectivity index (χ4v) is 2.24. The van der Waals surface area contributed by atoms with E-state index in [1.54, 1.807) is 19.1 Å². The van der Waals surface area contributed by atoms with Gasteiger partial charge in [-0.2, -0.15) is 0 Å². The van der Waals surface area contributed by atoms with E-state index >= 15 is 0 Å². The molecule has 98 valence electrons. The summed E-state index contributed by atoms with van der Waals surface area (Å²) in [7, 11) is 0. The number of rotatable bonds is 3. The summed E-state index contributed by atoms with van der Waals surface area (Å²) in [6.07, 6.45) is -1.39. The van der Waals surface area contributed by atoms with E-state index in [0.717, 1.165) is 0 Å². The van der Waals surface area contributed by atoms with Crippen LogP contribution in [-0.2, 0) is 9.53 Å². The van der Waals surface area contributed by atoms with Crippen LogP contribution in [0.25, 0.3) is 0 Å². The van der Waals surface area contributed by atoms with Crippen molar-refractivity contribution >= 4 is 21.9 Å². The van der Waals surface area contributed by atoms with Crippen molar-refractivity contribution in [3.05, 3.63) is 22.2 Å².